The molecule has 3 heteroatoms. The van der Waals surface area contributed by atoms with Crippen molar-refractivity contribution >= 4 is 10.8 Å². The first kappa shape index (κ1) is 22.8. The lowest BCUT2D eigenvalue weighted by atomic mass is 9.77. The number of hydrogen-bond acceptors (Lipinski definition) is 3. The van der Waals surface area contributed by atoms with Crippen LogP contribution in [0, 0.1) is 0 Å². The van der Waals surface area contributed by atoms with E-state index in [2.05, 4.69) is 101 Å². The molecule has 1 heterocycles. The Bertz CT molecular complexity index is 1060. The minimum Gasteiger partial charge on any atom is -0.507 e. The molecule has 1 aliphatic heterocycles. The standard InChI is InChI=1S/C29H37NO2/c1-28(2,3)24-18-21(19-25(27(24)31)29(4,5)6)26(30-14-16-32-17-15-30)23-13-9-11-20-10-7-8-12-22(20)23/h7-13,18-19,26,31H,14-17H2,1-6H3. The fourth-order valence-corrected chi connectivity index (χ4v) is 4.87. The first-order valence-electron chi connectivity index (χ1n) is 11.7. The molecule has 1 atom stereocenters. The maximum Gasteiger partial charge on any atom is 0.123 e. The minimum absolute atomic E-state index is 0.104. The lowest BCUT2D eigenvalue weighted by Gasteiger charge is -2.37. The molecule has 1 unspecified atom stereocenters. The third-order valence-corrected chi connectivity index (χ3v) is 6.59. The topological polar surface area (TPSA) is 32.7 Å². The zero-order valence-corrected chi connectivity index (χ0v) is 20.4. The second-order valence-corrected chi connectivity index (χ2v) is 11.1. The lowest BCUT2D eigenvalue weighted by Crippen LogP contribution is -2.39. The summed E-state index contributed by atoms with van der Waals surface area (Å²) in [7, 11) is 0. The van der Waals surface area contributed by atoms with E-state index in [4.69, 9.17) is 4.74 Å². The molecule has 1 saturated heterocycles. The summed E-state index contributed by atoms with van der Waals surface area (Å²) in [5.41, 5.74) is 4.27. The van der Waals surface area contributed by atoms with Crippen molar-refractivity contribution < 1.29 is 9.84 Å². The number of ether oxygens (including phenoxy) is 1. The zero-order valence-electron chi connectivity index (χ0n) is 20.4. The molecule has 170 valence electrons. The van der Waals surface area contributed by atoms with Crippen molar-refractivity contribution in [3.63, 3.8) is 0 Å². The summed E-state index contributed by atoms with van der Waals surface area (Å²) in [5.74, 6) is 0.437. The molecule has 3 aromatic carbocycles. The quantitative estimate of drug-likeness (QED) is 0.509. The van der Waals surface area contributed by atoms with E-state index in [-0.39, 0.29) is 16.9 Å². The van der Waals surface area contributed by atoms with Crippen LogP contribution >= 0.6 is 0 Å². The van der Waals surface area contributed by atoms with E-state index in [0.29, 0.717) is 5.75 Å². The Labute approximate surface area is 193 Å². The molecule has 0 saturated carbocycles. The van der Waals surface area contributed by atoms with Gasteiger partial charge in [-0.05, 0) is 56.0 Å². The van der Waals surface area contributed by atoms with Gasteiger partial charge in [-0.3, -0.25) is 4.90 Å². The largest absolute Gasteiger partial charge is 0.507 e. The van der Waals surface area contributed by atoms with Crippen molar-refractivity contribution in [1.82, 2.24) is 4.90 Å². The summed E-state index contributed by atoms with van der Waals surface area (Å²) in [6, 6.07) is 19.9. The van der Waals surface area contributed by atoms with E-state index in [9.17, 15) is 5.11 Å². The Morgan fingerprint density at radius 2 is 1.38 bits per heavy atom. The summed E-state index contributed by atoms with van der Waals surface area (Å²) in [5, 5.41) is 13.8. The van der Waals surface area contributed by atoms with E-state index >= 15 is 0 Å². The van der Waals surface area contributed by atoms with Gasteiger partial charge in [-0.1, -0.05) is 84.0 Å². The van der Waals surface area contributed by atoms with Crippen molar-refractivity contribution in [3.05, 3.63) is 76.9 Å². The molecule has 1 aliphatic rings. The molecule has 3 aromatic rings. The van der Waals surface area contributed by atoms with Gasteiger partial charge in [-0.25, -0.2) is 0 Å². The van der Waals surface area contributed by atoms with Gasteiger partial charge in [0.2, 0.25) is 0 Å². The van der Waals surface area contributed by atoms with Crippen LogP contribution in [0.5, 0.6) is 5.75 Å². The number of phenols is 1. The van der Waals surface area contributed by atoms with Crippen molar-refractivity contribution in [2.45, 2.75) is 58.4 Å². The first-order valence-corrected chi connectivity index (χ1v) is 11.7. The normalized spacial score (nSPS) is 16.9. The predicted octanol–water partition coefficient (Wildman–Crippen LogP) is 6.56. The molecule has 0 aliphatic carbocycles. The number of nitrogens with zero attached hydrogens (tertiary/aromatic N) is 1. The van der Waals surface area contributed by atoms with Crippen LogP contribution in [-0.4, -0.2) is 36.3 Å². The Morgan fingerprint density at radius 3 is 1.97 bits per heavy atom. The van der Waals surface area contributed by atoms with Crippen LogP contribution < -0.4 is 0 Å². The monoisotopic (exact) mass is 431 g/mol. The van der Waals surface area contributed by atoms with Crippen molar-refractivity contribution in [2.75, 3.05) is 26.3 Å². The number of phenolic OH excluding ortho intramolecular Hbond substituents is 1. The predicted molar refractivity (Wildman–Crippen MR) is 134 cm³/mol. The second-order valence-electron chi connectivity index (χ2n) is 11.1. The summed E-state index contributed by atoms with van der Waals surface area (Å²) in [4.78, 5) is 2.54. The van der Waals surface area contributed by atoms with Gasteiger partial charge in [0.15, 0.2) is 0 Å². The Balaban J connectivity index is 2.00. The fraction of sp³-hybridized carbons (Fsp3) is 0.448. The maximum atomic E-state index is 11.3. The van der Waals surface area contributed by atoms with Crippen LogP contribution in [-0.2, 0) is 15.6 Å². The highest BCUT2D eigenvalue weighted by Crippen LogP contribution is 2.43. The Hall–Kier alpha value is -2.36. The Kier molecular flexibility index (Phi) is 6.08. The van der Waals surface area contributed by atoms with E-state index in [1.54, 1.807) is 0 Å². The van der Waals surface area contributed by atoms with Crippen LogP contribution in [0.2, 0.25) is 0 Å². The van der Waals surface area contributed by atoms with Crippen molar-refractivity contribution in [1.29, 1.82) is 0 Å². The van der Waals surface area contributed by atoms with E-state index in [0.717, 1.165) is 37.4 Å². The SMILES string of the molecule is CC(C)(C)c1cc(C(c2cccc3ccccc23)N2CCOCC2)cc(C(C)(C)C)c1O. The fourth-order valence-electron chi connectivity index (χ4n) is 4.87. The summed E-state index contributed by atoms with van der Waals surface area (Å²) in [6.45, 7) is 16.4. The number of fused-ring (bicyclic) bond motifs is 1. The smallest absolute Gasteiger partial charge is 0.123 e. The highest BCUT2D eigenvalue weighted by molar-refractivity contribution is 5.86. The molecule has 1 fully saturated rings. The lowest BCUT2D eigenvalue weighted by molar-refractivity contribution is 0.0241. The molecule has 1 N–H and O–H groups in total. The van der Waals surface area contributed by atoms with Crippen LogP contribution in [0.4, 0.5) is 0 Å². The molecule has 3 nitrogen and oxygen atoms in total. The van der Waals surface area contributed by atoms with Crippen molar-refractivity contribution in [3.8, 4) is 5.75 Å². The average Bonchev–Trinajstić information content (AvgIpc) is 2.74. The van der Waals surface area contributed by atoms with Crippen LogP contribution in [0.1, 0.15) is 69.8 Å². The molecular formula is C29H37NO2. The molecule has 0 spiro atoms. The molecule has 0 aromatic heterocycles. The highest BCUT2D eigenvalue weighted by atomic mass is 16.5. The van der Waals surface area contributed by atoms with Crippen LogP contribution in [0.3, 0.4) is 0 Å². The minimum atomic E-state index is -0.158. The highest BCUT2D eigenvalue weighted by Gasteiger charge is 2.31. The molecule has 0 bridgehead atoms. The number of hydrogen-bond donors (Lipinski definition) is 1. The van der Waals surface area contributed by atoms with Gasteiger partial charge in [0.1, 0.15) is 5.75 Å². The summed E-state index contributed by atoms with van der Waals surface area (Å²) < 4.78 is 5.70. The van der Waals surface area contributed by atoms with Gasteiger partial charge in [-0.2, -0.15) is 0 Å². The van der Waals surface area contributed by atoms with Crippen LogP contribution in [0.15, 0.2) is 54.6 Å². The second kappa shape index (κ2) is 8.53. The van der Waals surface area contributed by atoms with Gasteiger partial charge >= 0.3 is 0 Å². The number of morpholine rings is 1. The van der Waals surface area contributed by atoms with E-state index in [1.807, 2.05) is 0 Å². The first-order chi connectivity index (χ1) is 15.1. The summed E-state index contributed by atoms with van der Waals surface area (Å²) >= 11 is 0. The number of benzene rings is 3. The van der Waals surface area contributed by atoms with E-state index < -0.39 is 0 Å². The number of aromatic hydroxyl groups is 1. The van der Waals surface area contributed by atoms with Gasteiger partial charge < -0.3 is 9.84 Å². The summed E-state index contributed by atoms with van der Waals surface area (Å²) in [6.07, 6.45) is 0. The molecular weight excluding hydrogens is 394 g/mol. The third-order valence-electron chi connectivity index (χ3n) is 6.59. The van der Waals surface area contributed by atoms with Crippen LogP contribution in [0.25, 0.3) is 10.8 Å². The third kappa shape index (κ3) is 4.42. The molecule has 4 rings (SSSR count). The molecule has 32 heavy (non-hydrogen) atoms. The van der Waals surface area contributed by atoms with Gasteiger partial charge in [-0.15, -0.1) is 0 Å². The van der Waals surface area contributed by atoms with Gasteiger partial charge in [0.25, 0.3) is 0 Å². The van der Waals surface area contributed by atoms with Crippen molar-refractivity contribution in [2.24, 2.45) is 0 Å². The Morgan fingerprint density at radius 1 is 0.812 bits per heavy atom. The zero-order chi connectivity index (χ0) is 23.1. The maximum absolute atomic E-state index is 11.3. The van der Waals surface area contributed by atoms with Gasteiger partial charge in [0, 0.05) is 13.1 Å². The number of rotatable bonds is 3. The van der Waals surface area contributed by atoms with Gasteiger partial charge in [0.05, 0.1) is 19.3 Å². The average molecular weight is 432 g/mol. The van der Waals surface area contributed by atoms with E-state index in [1.165, 1.54) is 21.9 Å². The molecule has 0 amide bonds. The molecule has 0 radical (unpaired) electrons.